The van der Waals surface area contributed by atoms with E-state index >= 15 is 0 Å². The van der Waals surface area contributed by atoms with E-state index < -0.39 is 5.54 Å². The third kappa shape index (κ3) is 3.33. The number of rotatable bonds is 5. The summed E-state index contributed by atoms with van der Waals surface area (Å²) in [4.78, 5) is 16.0. The van der Waals surface area contributed by atoms with Crippen molar-refractivity contribution < 1.29 is 9.53 Å². The number of nitrogens with one attached hydrogen (secondary N) is 1. The van der Waals surface area contributed by atoms with Gasteiger partial charge in [-0.2, -0.15) is 0 Å². The zero-order chi connectivity index (χ0) is 12.9. The lowest BCUT2D eigenvalue weighted by Crippen LogP contribution is -2.47. The maximum Gasteiger partial charge on any atom is 0.255 e. The SMILES string of the molecule is CCC(C)(CCl)NC(=O)c1ccncc1OC. The molecular weight excluding hydrogens is 240 g/mol. The van der Waals surface area contributed by atoms with Gasteiger partial charge in [0, 0.05) is 12.1 Å². The van der Waals surface area contributed by atoms with Crippen LogP contribution >= 0.6 is 11.6 Å². The zero-order valence-electron chi connectivity index (χ0n) is 10.3. The highest BCUT2D eigenvalue weighted by Gasteiger charge is 2.25. The second-order valence-corrected chi connectivity index (χ2v) is 4.35. The molecule has 1 rings (SSSR count). The predicted octanol–water partition coefficient (Wildman–Crippen LogP) is 2.23. The van der Waals surface area contributed by atoms with E-state index in [0.717, 1.165) is 6.42 Å². The minimum Gasteiger partial charge on any atom is -0.494 e. The van der Waals surface area contributed by atoms with E-state index in [1.54, 1.807) is 12.3 Å². The molecule has 94 valence electrons. The molecule has 0 spiro atoms. The van der Waals surface area contributed by atoms with E-state index in [9.17, 15) is 4.79 Å². The fourth-order valence-electron chi connectivity index (χ4n) is 1.29. The van der Waals surface area contributed by atoms with Crippen molar-refractivity contribution in [1.82, 2.24) is 10.3 Å². The lowest BCUT2D eigenvalue weighted by molar-refractivity contribution is 0.0909. The number of aromatic nitrogens is 1. The quantitative estimate of drug-likeness (QED) is 0.822. The van der Waals surface area contributed by atoms with E-state index in [1.165, 1.54) is 13.3 Å². The number of nitrogens with zero attached hydrogens (tertiary/aromatic N) is 1. The van der Waals surface area contributed by atoms with Crippen LogP contribution in [0.3, 0.4) is 0 Å². The summed E-state index contributed by atoms with van der Waals surface area (Å²) in [5.41, 5.74) is 0.0553. The summed E-state index contributed by atoms with van der Waals surface area (Å²) in [7, 11) is 1.51. The molecule has 1 N–H and O–H groups in total. The van der Waals surface area contributed by atoms with Crippen LogP contribution < -0.4 is 10.1 Å². The molecule has 4 nitrogen and oxygen atoms in total. The summed E-state index contributed by atoms with van der Waals surface area (Å²) < 4.78 is 5.09. The molecule has 1 atom stereocenters. The van der Waals surface area contributed by atoms with Crippen LogP contribution in [-0.2, 0) is 0 Å². The molecule has 1 aromatic heterocycles. The highest BCUT2D eigenvalue weighted by atomic mass is 35.5. The molecule has 0 aromatic carbocycles. The Balaban J connectivity index is 2.90. The zero-order valence-corrected chi connectivity index (χ0v) is 11.0. The van der Waals surface area contributed by atoms with Gasteiger partial charge in [0.1, 0.15) is 5.75 Å². The summed E-state index contributed by atoms with van der Waals surface area (Å²) in [6, 6.07) is 1.62. The number of hydrogen-bond donors (Lipinski definition) is 1. The first-order chi connectivity index (χ1) is 8.06. The van der Waals surface area contributed by atoms with Gasteiger partial charge < -0.3 is 10.1 Å². The molecular formula is C12H17ClN2O2. The van der Waals surface area contributed by atoms with Gasteiger partial charge in [0.25, 0.3) is 5.91 Å². The van der Waals surface area contributed by atoms with E-state index in [2.05, 4.69) is 10.3 Å². The molecule has 17 heavy (non-hydrogen) atoms. The molecule has 1 heterocycles. The van der Waals surface area contributed by atoms with Crippen molar-refractivity contribution in [3.63, 3.8) is 0 Å². The van der Waals surface area contributed by atoms with Gasteiger partial charge in [0.05, 0.1) is 24.4 Å². The van der Waals surface area contributed by atoms with Crippen LogP contribution in [0.4, 0.5) is 0 Å². The average Bonchev–Trinajstić information content (AvgIpc) is 2.38. The first kappa shape index (κ1) is 13.8. The third-order valence-electron chi connectivity index (χ3n) is 2.74. The van der Waals surface area contributed by atoms with Gasteiger partial charge in [-0.1, -0.05) is 6.92 Å². The minimum absolute atomic E-state index is 0.200. The summed E-state index contributed by atoms with van der Waals surface area (Å²) in [5.74, 6) is 0.620. The van der Waals surface area contributed by atoms with E-state index in [0.29, 0.717) is 17.2 Å². The monoisotopic (exact) mass is 256 g/mol. The second kappa shape index (κ2) is 5.87. The van der Waals surface area contributed by atoms with Gasteiger partial charge in [-0.05, 0) is 19.4 Å². The Morgan fingerprint density at radius 1 is 1.65 bits per heavy atom. The number of carbonyl (C=O) groups excluding carboxylic acids is 1. The van der Waals surface area contributed by atoms with Crippen molar-refractivity contribution in [3.8, 4) is 5.75 Å². The first-order valence-electron chi connectivity index (χ1n) is 5.43. The second-order valence-electron chi connectivity index (χ2n) is 4.08. The topological polar surface area (TPSA) is 51.2 Å². The Morgan fingerprint density at radius 3 is 2.88 bits per heavy atom. The fraction of sp³-hybridized carbons (Fsp3) is 0.500. The molecule has 0 aliphatic heterocycles. The van der Waals surface area contributed by atoms with Crippen molar-refractivity contribution in [3.05, 3.63) is 24.0 Å². The number of amides is 1. The largest absolute Gasteiger partial charge is 0.494 e. The first-order valence-corrected chi connectivity index (χ1v) is 5.96. The smallest absolute Gasteiger partial charge is 0.255 e. The van der Waals surface area contributed by atoms with Crippen LogP contribution in [-0.4, -0.2) is 29.4 Å². The summed E-state index contributed by atoms with van der Waals surface area (Å²) in [6.07, 6.45) is 3.83. The van der Waals surface area contributed by atoms with Crippen molar-refractivity contribution >= 4 is 17.5 Å². The van der Waals surface area contributed by atoms with Gasteiger partial charge in [-0.3, -0.25) is 9.78 Å². The van der Waals surface area contributed by atoms with Crippen LogP contribution in [0.5, 0.6) is 5.75 Å². The van der Waals surface area contributed by atoms with Crippen molar-refractivity contribution in [2.45, 2.75) is 25.8 Å². The fourth-order valence-corrected chi connectivity index (χ4v) is 1.54. The van der Waals surface area contributed by atoms with Gasteiger partial charge in [0.15, 0.2) is 0 Å². The number of hydrogen-bond acceptors (Lipinski definition) is 3. The molecule has 1 amide bonds. The molecule has 0 fully saturated rings. The Morgan fingerprint density at radius 2 is 2.35 bits per heavy atom. The summed E-state index contributed by atoms with van der Waals surface area (Å²) in [6.45, 7) is 3.89. The van der Waals surface area contributed by atoms with Crippen LogP contribution in [0.2, 0.25) is 0 Å². The molecule has 1 unspecified atom stereocenters. The van der Waals surface area contributed by atoms with E-state index in [4.69, 9.17) is 16.3 Å². The normalized spacial score (nSPS) is 13.9. The molecule has 0 aliphatic rings. The van der Waals surface area contributed by atoms with Crippen LogP contribution in [0.1, 0.15) is 30.6 Å². The standard InChI is InChI=1S/C12H17ClN2O2/c1-4-12(2,8-13)15-11(16)9-5-6-14-7-10(9)17-3/h5-7H,4,8H2,1-3H3,(H,15,16). The molecule has 0 saturated carbocycles. The predicted molar refractivity (Wildman–Crippen MR) is 67.7 cm³/mol. The molecule has 0 bridgehead atoms. The highest BCUT2D eigenvalue weighted by molar-refractivity contribution is 6.18. The van der Waals surface area contributed by atoms with Crippen LogP contribution in [0, 0.1) is 0 Å². The number of halogens is 1. The Kier molecular flexibility index (Phi) is 4.75. The summed E-state index contributed by atoms with van der Waals surface area (Å²) >= 11 is 5.86. The molecule has 0 radical (unpaired) electrons. The van der Waals surface area contributed by atoms with Gasteiger partial charge in [-0.15, -0.1) is 11.6 Å². The number of alkyl halides is 1. The third-order valence-corrected chi connectivity index (χ3v) is 3.33. The number of carbonyl (C=O) groups is 1. The van der Waals surface area contributed by atoms with Crippen LogP contribution in [0.25, 0.3) is 0 Å². The highest BCUT2D eigenvalue weighted by Crippen LogP contribution is 2.18. The van der Waals surface area contributed by atoms with Gasteiger partial charge in [-0.25, -0.2) is 0 Å². The van der Waals surface area contributed by atoms with E-state index in [-0.39, 0.29) is 5.91 Å². The Labute approximate surface area is 106 Å². The van der Waals surface area contributed by atoms with E-state index in [1.807, 2.05) is 13.8 Å². The Hall–Kier alpha value is -1.29. The summed E-state index contributed by atoms with van der Waals surface area (Å²) in [5, 5.41) is 2.91. The average molecular weight is 257 g/mol. The van der Waals surface area contributed by atoms with Gasteiger partial charge in [0.2, 0.25) is 0 Å². The molecule has 0 aliphatic carbocycles. The lowest BCUT2D eigenvalue weighted by atomic mass is 10.0. The van der Waals surface area contributed by atoms with Crippen molar-refractivity contribution in [2.24, 2.45) is 0 Å². The molecule has 5 heteroatoms. The number of ether oxygens (including phenoxy) is 1. The van der Waals surface area contributed by atoms with Crippen LogP contribution in [0.15, 0.2) is 18.5 Å². The van der Waals surface area contributed by atoms with Gasteiger partial charge >= 0.3 is 0 Å². The molecule has 0 saturated heterocycles. The number of methoxy groups -OCH3 is 1. The maximum atomic E-state index is 12.1. The van der Waals surface area contributed by atoms with Crippen molar-refractivity contribution in [2.75, 3.05) is 13.0 Å². The molecule has 1 aromatic rings. The van der Waals surface area contributed by atoms with Crippen molar-refractivity contribution in [1.29, 1.82) is 0 Å². The Bertz CT molecular complexity index is 392. The lowest BCUT2D eigenvalue weighted by Gasteiger charge is -2.27. The maximum absolute atomic E-state index is 12.1. The minimum atomic E-state index is -0.410. The number of pyridine rings is 1.